The van der Waals surface area contributed by atoms with Crippen molar-refractivity contribution in [1.29, 1.82) is 0 Å². The summed E-state index contributed by atoms with van der Waals surface area (Å²) in [7, 11) is 0. The Labute approximate surface area is 115 Å². The fourth-order valence-corrected chi connectivity index (χ4v) is 2.64. The first-order valence-corrected chi connectivity index (χ1v) is 7.15. The van der Waals surface area contributed by atoms with Crippen molar-refractivity contribution >= 4 is 21.8 Å². The molecule has 1 aromatic rings. The quantitative estimate of drug-likeness (QED) is 0.812. The van der Waals surface area contributed by atoms with E-state index in [4.69, 9.17) is 0 Å². The molecule has 1 aliphatic rings. The lowest BCUT2D eigenvalue weighted by molar-refractivity contribution is 0.0670. The molecule has 0 saturated carbocycles. The minimum atomic E-state index is -0.384. The molecule has 1 amide bonds. The van der Waals surface area contributed by atoms with Gasteiger partial charge in [-0.3, -0.25) is 4.79 Å². The van der Waals surface area contributed by atoms with Gasteiger partial charge in [-0.15, -0.1) is 0 Å². The number of halogens is 2. The summed E-state index contributed by atoms with van der Waals surface area (Å²) >= 11 is 3.10. The van der Waals surface area contributed by atoms with E-state index < -0.39 is 0 Å². The van der Waals surface area contributed by atoms with Crippen LogP contribution in [-0.2, 0) is 0 Å². The molecule has 1 fully saturated rings. The first-order chi connectivity index (χ1) is 8.61. The van der Waals surface area contributed by atoms with Crippen molar-refractivity contribution in [2.45, 2.75) is 26.2 Å². The van der Waals surface area contributed by atoms with Gasteiger partial charge in [0.25, 0.3) is 5.91 Å². The van der Waals surface area contributed by atoms with Crippen LogP contribution in [0.2, 0.25) is 0 Å². The Balaban J connectivity index is 2.12. The van der Waals surface area contributed by atoms with Gasteiger partial charge in [0.15, 0.2) is 0 Å². The molecule has 0 aliphatic carbocycles. The fourth-order valence-electron chi connectivity index (χ4n) is 2.39. The number of hydrogen-bond acceptors (Lipinski definition) is 1. The molecule has 1 heterocycles. The molecule has 1 saturated heterocycles. The molecule has 2 rings (SSSR count). The van der Waals surface area contributed by atoms with Crippen molar-refractivity contribution in [2.24, 2.45) is 5.92 Å². The summed E-state index contributed by atoms with van der Waals surface area (Å²) in [4.78, 5) is 14.1. The Bertz CT molecular complexity index is 449. The van der Waals surface area contributed by atoms with Gasteiger partial charge in [0.1, 0.15) is 5.82 Å². The van der Waals surface area contributed by atoms with Crippen LogP contribution in [-0.4, -0.2) is 23.9 Å². The minimum Gasteiger partial charge on any atom is -0.338 e. The Morgan fingerprint density at radius 2 is 2.33 bits per heavy atom. The highest BCUT2D eigenvalue weighted by Gasteiger charge is 2.23. The second kappa shape index (κ2) is 5.83. The van der Waals surface area contributed by atoms with Crippen molar-refractivity contribution in [1.82, 2.24) is 4.90 Å². The number of piperidine rings is 1. The predicted molar refractivity (Wildman–Crippen MR) is 73.0 cm³/mol. The summed E-state index contributed by atoms with van der Waals surface area (Å²) in [6.45, 7) is 3.73. The minimum absolute atomic E-state index is 0.0560. The van der Waals surface area contributed by atoms with Crippen LogP contribution in [0.25, 0.3) is 0 Å². The number of carbonyl (C=O) groups is 1. The van der Waals surface area contributed by atoms with Gasteiger partial charge >= 0.3 is 0 Å². The largest absolute Gasteiger partial charge is 0.338 e. The Kier molecular flexibility index (Phi) is 4.38. The van der Waals surface area contributed by atoms with Crippen LogP contribution in [0.3, 0.4) is 0 Å². The number of benzene rings is 1. The maximum Gasteiger partial charge on any atom is 0.253 e. The molecule has 0 radical (unpaired) electrons. The van der Waals surface area contributed by atoms with Crippen LogP contribution in [0.15, 0.2) is 22.7 Å². The standard InChI is InChI=1S/C14H17BrFNO/c1-2-10-4-3-7-17(9-10)14(18)11-5-6-12(15)13(16)8-11/h5-6,8,10H,2-4,7,9H2,1H3. The van der Waals surface area contributed by atoms with Crippen molar-refractivity contribution < 1.29 is 9.18 Å². The lowest BCUT2D eigenvalue weighted by atomic mass is 9.95. The number of rotatable bonds is 2. The molecule has 0 aromatic heterocycles. The Hall–Kier alpha value is -0.900. The highest BCUT2D eigenvalue weighted by Crippen LogP contribution is 2.22. The number of hydrogen-bond donors (Lipinski definition) is 0. The van der Waals surface area contributed by atoms with E-state index in [1.165, 1.54) is 12.5 Å². The summed E-state index contributed by atoms with van der Waals surface area (Å²) in [6.07, 6.45) is 3.33. The van der Waals surface area contributed by atoms with Crippen LogP contribution in [0.1, 0.15) is 36.5 Å². The normalized spacial score (nSPS) is 19.9. The zero-order valence-corrected chi connectivity index (χ0v) is 12.0. The summed E-state index contributed by atoms with van der Waals surface area (Å²) in [6, 6.07) is 4.57. The molecule has 1 aromatic carbocycles. The summed E-state index contributed by atoms with van der Waals surface area (Å²) in [5.41, 5.74) is 0.437. The third-order valence-corrected chi connectivity index (χ3v) is 4.19. The van der Waals surface area contributed by atoms with E-state index in [1.807, 2.05) is 4.90 Å². The van der Waals surface area contributed by atoms with E-state index in [9.17, 15) is 9.18 Å². The molecule has 0 spiro atoms. The zero-order valence-electron chi connectivity index (χ0n) is 10.5. The van der Waals surface area contributed by atoms with Gasteiger partial charge in [-0.25, -0.2) is 4.39 Å². The molecule has 4 heteroatoms. The van der Waals surface area contributed by atoms with Gasteiger partial charge in [-0.05, 0) is 52.9 Å². The summed E-state index contributed by atoms with van der Waals surface area (Å²) < 4.78 is 13.8. The molecule has 98 valence electrons. The number of amides is 1. The highest BCUT2D eigenvalue weighted by molar-refractivity contribution is 9.10. The van der Waals surface area contributed by atoms with Crippen LogP contribution < -0.4 is 0 Å². The molecule has 0 bridgehead atoms. The molecule has 1 unspecified atom stereocenters. The van der Waals surface area contributed by atoms with Crippen LogP contribution in [0, 0.1) is 11.7 Å². The van der Waals surface area contributed by atoms with Gasteiger partial charge in [-0.2, -0.15) is 0 Å². The van der Waals surface area contributed by atoms with Crippen molar-refractivity contribution in [3.8, 4) is 0 Å². The number of likely N-dealkylation sites (tertiary alicyclic amines) is 1. The highest BCUT2D eigenvalue weighted by atomic mass is 79.9. The Morgan fingerprint density at radius 3 is 3.00 bits per heavy atom. The number of carbonyl (C=O) groups excluding carboxylic acids is 1. The lowest BCUT2D eigenvalue weighted by Crippen LogP contribution is -2.39. The maximum atomic E-state index is 13.4. The zero-order chi connectivity index (χ0) is 13.1. The van der Waals surface area contributed by atoms with Gasteiger partial charge in [-0.1, -0.05) is 13.3 Å². The predicted octanol–water partition coefficient (Wildman–Crippen LogP) is 3.85. The second-order valence-corrected chi connectivity index (χ2v) is 5.65. The first kappa shape index (κ1) is 13.5. The Morgan fingerprint density at radius 1 is 1.56 bits per heavy atom. The van der Waals surface area contributed by atoms with E-state index in [0.29, 0.717) is 16.0 Å². The topological polar surface area (TPSA) is 20.3 Å². The average molecular weight is 314 g/mol. The molecule has 18 heavy (non-hydrogen) atoms. The molecule has 1 atom stereocenters. The summed E-state index contributed by atoms with van der Waals surface area (Å²) in [5, 5.41) is 0. The fraction of sp³-hybridized carbons (Fsp3) is 0.500. The smallest absolute Gasteiger partial charge is 0.253 e. The van der Waals surface area contributed by atoms with E-state index >= 15 is 0 Å². The van der Waals surface area contributed by atoms with E-state index in [2.05, 4.69) is 22.9 Å². The SMILES string of the molecule is CCC1CCCN(C(=O)c2ccc(Br)c(F)c2)C1. The van der Waals surface area contributed by atoms with Crippen molar-refractivity contribution in [3.05, 3.63) is 34.1 Å². The second-order valence-electron chi connectivity index (χ2n) is 4.80. The van der Waals surface area contributed by atoms with Gasteiger partial charge in [0.2, 0.25) is 0 Å². The van der Waals surface area contributed by atoms with Gasteiger partial charge < -0.3 is 4.90 Å². The van der Waals surface area contributed by atoms with Crippen LogP contribution >= 0.6 is 15.9 Å². The summed E-state index contributed by atoms with van der Waals surface area (Å²) in [5.74, 6) is 0.146. The molecule has 2 nitrogen and oxygen atoms in total. The van der Waals surface area contributed by atoms with Crippen molar-refractivity contribution in [3.63, 3.8) is 0 Å². The molecule has 0 N–H and O–H groups in total. The third-order valence-electron chi connectivity index (χ3n) is 3.55. The number of nitrogens with zero attached hydrogens (tertiary/aromatic N) is 1. The molecular weight excluding hydrogens is 297 g/mol. The van der Waals surface area contributed by atoms with Crippen LogP contribution in [0.4, 0.5) is 4.39 Å². The maximum absolute atomic E-state index is 13.4. The first-order valence-electron chi connectivity index (χ1n) is 6.36. The molecular formula is C14H17BrFNO. The van der Waals surface area contributed by atoms with E-state index in [0.717, 1.165) is 25.9 Å². The van der Waals surface area contributed by atoms with E-state index in [1.54, 1.807) is 12.1 Å². The third kappa shape index (κ3) is 2.91. The van der Waals surface area contributed by atoms with E-state index in [-0.39, 0.29) is 11.7 Å². The lowest BCUT2D eigenvalue weighted by Gasteiger charge is -2.32. The van der Waals surface area contributed by atoms with Gasteiger partial charge in [0, 0.05) is 18.7 Å². The average Bonchev–Trinajstić information content (AvgIpc) is 2.41. The van der Waals surface area contributed by atoms with Gasteiger partial charge in [0.05, 0.1) is 4.47 Å². The monoisotopic (exact) mass is 313 g/mol. The van der Waals surface area contributed by atoms with Crippen LogP contribution in [0.5, 0.6) is 0 Å². The van der Waals surface area contributed by atoms with Crippen molar-refractivity contribution in [2.75, 3.05) is 13.1 Å². The molecule has 1 aliphatic heterocycles.